The molecule has 2 heterocycles. The fraction of sp³-hybridized carbons (Fsp3) is 0.481. The van der Waals surface area contributed by atoms with Crippen molar-refractivity contribution in [3.63, 3.8) is 0 Å². The van der Waals surface area contributed by atoms with E-state index in [-0.39, 0.29) is 11.0 Å². The molecule has 1 aliphatic heterocycles. The first-order valence-electron chi connectivity index (χ1n) is 11.4. The summed E-state index contributed by atoms with van der Waals surface area (Å²) in [6.45, 7) is 9.60. The predicted octanol–water partition coefficient (Wildman–Crippen LogP) is 6.32. The largest absolute Gasteiger partial charge is 0.221 e. The number of nitriles is 1. The minimum Gasteiger partial charge on any atom is -0.192 e. The zero-order chi connectivity index (χ0) is 20.1. The van der Waals surface area contributed by atoms with E-state index in [2.05, 4.69) is 68.8 Å². The molecule has 0 saturated heterocycles. The molecule has 29 heavy (non-hydrogen) atoms. The molecular weight excluding hydrogens is 352 g/mol. The first-order chi connectivity index (χ1) is 14.0. The number of nitrogens with zero attached hydrogens (tertiary/aromatic N) is 2. The molecule has 6 rings (SSSR count). The lowest BCUT2D eigenvalue weighted by molar-refractivity contribution is -0.751. The van der Waals surface area contributed by atoms with Gasteiger partial charge in [-0.05, 0) is 61.6 Å². The van der Waals surface area contributed by atoms with Crippen LogP contribution in [0.2, 0.25) is 0 Å². The second kappa shape index (κ2) is 5.39. The van der Waals surface area contributed by atoms with Crippen molar-refractivity contribution in [2.45, 2.75) is 82.6 Å². The van der Waals surface area contributed by atoms with Crippen LogP contribution in [0.25, 0.3) is 21.7 Å². The van der Waals surface area contributed by atoms with Crippen molar-refractivity contribution >= 4 is 21.7 Å². The molecule has 146 valence electrons. The molecule has 2 aromatic carbocycles. The lowest BCUT2D eigenvalue weighted by Gasteiger charge is -2.45. The van der Waals surface area contributed by atoms with E-state index in [4.69, 9.17) is 0 Å². The highest BCUT2D eigenvalue weighted by Crippen LogP contribution is 2.57. The Bertz CT molecular complexity index is 1260. The number of benzene rings is 2. The van der Waals surface area contributed by atoms with E-state index in [1.807, 2.05) is 0 Å². The molecule has 4 atom stereocenters. The summed E-state index contributed by atoms with van der Waals surface area (Å²) in [7, 11) is 0. The number of aromatic nitrogens is 1. The van der Waals surface area contributed by atoms with Gasteiger partial charge >= 0.3 is 0 Å². The van der Waals surface area contributed by atoms with Gasteiger partial charge in [-0.1, -0.05) is 32.0 Å². The molecule has 2 bridgehead atoms. The van der Waals surface area contributed by atoms with Crippen LogP contribution in [0.5, 0.6) is 0 Å². The van der Waals surface area contributed by atoms with E-state index in [0.717, 1.165) is 29.7 Å². The fourth-order valence-corrected chi connectivity index (χ4v) is 7.28. The third-order valence-electron chi connectivity index (χ3n) is 9.36. The lowest BCUT2D eigenvalue weighted by Crippen LogP contribution is -2.66. The quantitative estimate of drug-likeness (QED) is 0.377. The van der Waals surface area contributed by atoms with Crippen molar-refractivity contribution in [1.82, 2.24) is 0 Å². The van der Waals surface area contributed by atoms with E-state index < -0.39 is 0 Å². The maximum Gasteiger partial charge on any atom is 0.221 e. The Morgan fingerprint density at radius 3 is 2.62 bits per heavy atom. The SMILES string of the molecule is CCC1(C)c2cccc3c(C#N)cc4c5c(c[n+](c4c23)C1(C)CC)C1CCC5C1. The van der Waals surface area contributed by atoms with Crippen LogP contribution in [-0.4, -0.2) is 0 Å². The van der Waals surface area contributed by atoms with Crippen molar-refractivity contribution in [3.05, 3.63) is 52.7 Å². The monoisotopic (exact) mass is 381 g/mol. The van der Waals surface area contributed by atoms with Gasteiger partial charge in [0.15, 0.2) is 11.7 Å². The normalized spacial score (nSPS) is 31.6. The summed E-state index contributed by atoms with van der Waals surface area (Å²) >= 11 is 0. The first-order valence-corrected chi connectivity index (χ1v) is 11.4. The maximum atomic E-state index is 10.0. The Balaban J connectivity index is 1.92. The second-order valence-corrected chi connectivity index (χ2v) is 10.0. The third kappa shape index (κ3) is 1.78. The van der Waals surface area contributed by atoms with Crippen LogP contribution in [0.15, 0.2) is 30.5 Å². The standard InChI is InChI=1S/C27H29N2/c1-5-26(3)22-9-7-8-19-18(14-28)13-20-23-17-11-10-16(12-17)21(23)15-29(25(20)24(19)22)27(26,4)6-2/h7-9,13,15-17H,5-6,10-12H2,1-4H3/q+1. The van der Waals surface area contributed by atoms with E-state index in [9.17, 15) is 5.26 Å². The molecule has 2 heteroatoms. The van der Waals surface area contributed by atoms with Crippen LogP contribution in [0, 0.1) is 11.3 Å². The van der Waals surface area contributed by atoms with Crippen molar-refractivity contribution in [3.8, 4) is 6.07 Å². The number of hydrogen-bond acceptors (Lipinski definition) is 1. The minimum atomic E-state index is 0.0201. The second-order valence-electron chi connectivity index (χ2n) is 10.0. The number of rotatable bonds is 2. The fourth-order valence-electron chi connectivity index (χ4n) is 7.28. The smallest absolute Gasteiger partial charge is 0.192 e. The predicted molar refractivity (Wildman–Crippen MR) is 117 cm³/mol. The highest BCUT2D eigenvalue weighted by molar-refractivity contribution is 6.10. The molecular formula is C27H29N2+. The van der Waals surface area contributed by atoms with Crippen molar-refractivity contribution in [2.24, 2.45) is 0 Å². The first kappa shape index (κ1) is 17.5. The van der Waals surface area contributed by atoms with E-state index in [1.54, 1.807) is 11.1 Å². The number of hydrogen-bond donors (Lipinski definition) is 0. The molecule has 0 amide bonds. The Morgan fingerprint density at radius 1 is 1.10 bits per heavy atom. The summed E-state index contributed by atoms with van der Waals surface area (Å²) in [5, 5.41) is 13.9. The number of pyridine rings is 1. The highest BCUT2D eigenvalue weighted by Gasteiger charge is 2.56. The van der Waals surface area contributed by atoms with Gasteiger partial charge in [0.05, 0.1) is 27.8 Å². The lowest BCUT2D eigenvalue weighted by atomic mass is 9.61. The molecule has 0 radical (unpaired) electrons. The summed E-state index contributed by atoms with van der Waals surface area (Å²) in [5.74, 6) is 1.41. The highest BCUT2D eigenvalue weighted by atomic mass is 15.1. The van der Waals surface area contributed by atoms with Crippen LogP contribution in [0.3, 0.4) is 0 Å². The molecule has 3 aliphatic rings. The third-order valence-corrected chi connectivity index (χ3v) is 9.36. The summed E-state index contributed by atoms with van der Waals surface area (Å²) in [4.78, 5) is 0. The molecule has 3 aromatic rings. The van der Waals surface area contributed by atoms with Gasteiger partial charge in [0.2, 0.25) is 5.52 Å². The van der Waals surface area contributed by atoms with Gasteiger partial charge in [0.25, 0.3) is 0 Å². The summed E-state index contributed by atoms with van der Waals surface area (Å²) in [5.41, 5.74) is 6.87. The average Bonchev–Trinajstić information content (AvgIpc) is 3.37. The zero-order valence-corrected chi connectivity index (χ0v) is 18.0. The molecule has 0 spiro atoms. The van der Waals surface area contributed by atoms with Crippen molar-refractivity contribution in [2.75, 3.05) is 0 Å². The molecule has 1 fully saturated rings. The van der Waals surface area contributed by atoms with Crippen molar-refractivity contribution in [1.29, 1.82) is 5.26 Å². The summed E-state index contributed by atoms with van der Waals surface area (Å²) < 4.78 is 2.65. The Kier molecular flexibility index (Phi) is 3.25. The number of fused-ring (bicyclic) bond motifs is 6. The van der Waals surface area contributed by atoms with Crippen LogP contribution in [0.1, 0.15) is 93.9 Å². The molecule has 0 N–H and O–H groups in total. The van der Waals surface area contributed by atoms with Crippen LogP contribution < -0.4 is 4.57 Å². The van der Waals surface area contributed by atoms with E-state index in [0.29, 0.717) is 5.92 Å². The van der Waals surface area contributed by atoms with Gasteiger partial charge in [-0.15, -0.1) is 0 Å². The summed E-state index contributed by atoms with van der Waals surface area (Å²) in [6.07, 6.45) is 8.69. The Hall–Kier alpha value is -2.40. The van der Waals surface area contributed by atoms with Crippen molar-refractivity contribution < 1.29 is 4.57 Å². The average molecular weight is 382 g/mol. The maximum absolute atomic E-state index is 10.0. The molecule has 2 nitrogen and oxygen atoms in total. The molecule has 1 aromatic heterocycles. The summed E-state index contributed by atoms with van der Waals surface area (Å²) in [6, 6.07) is 11.4. The topological polar surface area (TPSA) is 27.7 Å². The van der Waals surface area contributed by atoms with Gasteiger partial charge < -0.3 is 0 Å². The Morgan fingerprint density at radius 2 is 1.90 bits per heavy atom. The van der Waals surface area contributed by atoms with Crippen LogP contribution in [-0.2, 0) is 11.0 Å². The van der Waals surface area contributed by atoms with Gasteiger partial charge in [-0.3, -0.25) is 0 Å². The Labute approximate surface area is 173 Å². The molecule has 2 aliphatic carbocycles. The van der Waals surface area contributed by atoms with Gasteiger partial charge in [0, 0.05) is 24.3 Å². The minimum absolute atomic E-state index is 0.0201. The van der Waals surface area contributed by atoms with Crippen LogP contribution >= 0.6 is 0 Å². The van der Waals surface area contributed by atoms with E-state index >= 15 is 0 Å². The molecule has 1 saturated carbocycles. The van der Waals surface area contributed by atoms with Gasteiger partial charge in [0.1, 0.15) is 0 Å². The van der Waals surface area contributed by atoms with Crippen LogP contribution in [0.4, 0.5) is 0 Å². The van der Waals surface area contributed by atoms with Gasteiger partial charge in [-0.25, -0.2) is 0 Å². The van der Waals surface area contributed by atoms with Gasteiger partial charge in [-0.2, -0.15) is 9.83 Å². The zero-order valence-electron chi connectivity index (χ0n) is 18.0. The molecule has 4 unspecified atom stereocenters. The van der Waals surface area contributed by atoms with E-state index in [1.165, 1.54) is 41.1 Å².